The average molecular weight is 202 g/mol. The second-order valence-corrected chi connectivity index (χ2v) is 4.00. The lowest BCUT2D eigenvalue weighted by Gasteiger charge is -2.28. The smallest absolute Gasteiger partial charge is 0.213 e. The van der Waals surface area contributed by atoms with Crippen LogP contribution < -0.4 is 5.43 Å². The molecule has 6 heteroatoms. The molecule has 0 spiro atoms. The Morgan fingerprint density at radius 3 is 2.50 bits per heavy atom. The van der Waals surface area contributed by atoms with Crippen molar-refractivity contribution in [3.63, 3.8) is 0 Å². The number of hydrazine groups is 1. The fourth-order valence-corrected chi connectivity index (χ4v) is 0.881. The van der Waals surface area contributed by atoms with Crippen LogP contribution in [0, 0.1) is 0 Å². The van der Waals surface area contributed by atoms with Gasteiger partial charge in [0.25, 0.3) is 3.92 Å². The third kappa shape index (κ3) is 2.16. The Kier molecular flexibility index (Phi) is 2.63. The second-order valence-electron chi connectivity index (χ2n) is 1.77. The quantitative estimate of drug-likeness (QED) is 0.476. The summed E-state index contributed by atoms with van der Waals surface area (Å²) in [5, 5.41) is 5.00. The molecule has 0 atom stereocenters. The van der Waals surface area contributed by atoms with Crippen LogP contribution in [0.15, 0.2) is 5.10 Å². The van der Waals surface area contributed by atoms with Crippen LogP contribution in [0.25, 0.3) is 0 Å². The van der Waals surface area contributed by atoms with Gasteiger partial charge in [0.15, 0.2) is 0 Å². The molecule has 1 N–H and O–H groups in total. The number of hydrazone groups is 1. The first-order chi connectivity index (χ1) is 4.61. The van der Waals surface area contributed by atoms with Crippen molar-refractivity contribution in [1.82, 2.24) is 10.5 Å². The minimum absolute atomic E-state index is 0.747. The Morgan fingerprint density at radius 1 is 1.50 bits per heavy atom. The molecular weight excluding hydrogens is 196 g/mol. The molecule has 0 aromatic rings. The standard InChI is InChI=1S/C4H6Cl3N3/c5-4(6,7)10-8-2-1-3-9-10/h2,9H,1,3H2. The van der Waals surface area contributed by atoms with Crippen LogP contribution in [0.3, 0.4) is 0 Å². The minimum atomic E-state index is -1.49. The van der Waals surface area contributed by atoms with Gasteiger partial charge in [-0.15, -0.1) is 0 Å². The third-order valence-corrected chi connectivity index (χ3v) is 1.45. The average Bonchev–Trinajstić information content (AvgIpc) is 1.88. The molecule has 1 rings (SSSR count). The van der Waals surface area contributed by atoms with Crippen molar-refractivity contribution in [2.75, 3.05) is 6.54 Å². The molecule has 1 aliphatic heterocycles. The van der Waals surface area contributed by atoms with Gasteiger partial charge in [0.2, 0.25) is 0 Å². The monoisotopic (exact) mass is 201 g/mol. The molecule has 3 nitrogen and oxygen atoms in total. The molecular formula is C4H6Cl3N3. The molecule has 0 saturated carbocycles. The number of nitrogens with one attached hydrogen (secondary N) is 1. The highest BCUT2D eigenvalue weighted by Gasteiger charge is 2.29. The zero-order valence-corrected chi connectivity index (χ0v) is 7.29. The minimum Gasteiger partial charge on any atom is -0.213 e. The van der Waals surface area contributed by atoms with Crippen molar-refractivity contribution in [2.24, 2.45) is 5.10 Å². The predicted molar refractivity (Wildman–Crippen MR) is 43.2 cm³/mol. The first-order valence-corrected chi connectivity index (χ1v) is 3.87. The molecule has 0 saturated heterocycles. The van der Waals surface area contributed by atoms with E-state index in [9.17, 15) is 0 Å². The van der Waals surface area contributed by atoms with Crippen molar-refractivity contribution >= 4 is 41.0 Å². The number of rotatable bonds is 0. The highest BCUT2D eigenvalue weighted by molar-refractivity contribution is 6.67. The Morgan fingerprint density at radius 2 is 2.20 bits per heavy atom. The molecule has 0 unspecified atom stereocenters. The van der Waals surface area contributed by atoms with Crippen LogP contribution >= 0.6 is 34.8 Å². The van der Waals surface area contributed by atoms with Gasteiger partial charge in [-0.25, -0.2) is 5.43 Å². The van der Waals surface area contributed by atoms with Gasteiger partial charge in [0, 0.05) is 12.8 Å². The summed E-state index contributed by atoms with van der Waals surface area (Å²) in [7, 11) is 0. The van der Waals surface area contributed by atoms with E-state index in [4.69, 9.17) is 34.8 Å². The lowest BCUT2D eigenvalue weighted by molar-refractivity contribution is 0.188. The van der Waals surface area contributed by atoms with E-state index in [0.29, 0.717) is 0 Å². The Balaban J connectivity index is 2.55. The molecule has 58 valence electrons. The van der Waals surface area contributed by atoms with Crippen LogP contribution in [-0.2, 0) is 0 Å². The lowest BCUT2D eigenvalue weighted by Crippen LogP contribution is -2.44. The van der Waals surface area contributed by atoms with E-state index in [1.165, 1.54) is 5.12 Å². The summed E-state index contributed by atoms with van der Waals surface area (Å²) < 4.78 is -1.49. The van der Waals surface area contributed by atoms with Crippen molar-refractivity contribution in [3.8, 4) is 0 Å². The highest BCUT2D eigenvalue weighted by atomic mass is 35.6. The number of nitrogens with zero attached hydrogens (tertiary/aromatic N) is 2. The lowest BCUT2D eigenvalue weighted by atomic mass is 10.5. The summed E-state index contributed by atoms with van der Waals surface area (Å²) in [5.74, 6) is 0. The first kappa shape index (κ1) is 8.40. The van der Waals surface area contributed by atoms with E-state index in [1.54, 1.807) is 6.21 Å². The van der Waals surface area contributed by atoms with Gasteiger partial charge >= 0.3 is 0 Å². The summed E-state index contributed by atoms with van der Waals surface area (Å²) in [4.78, 5) is 0. The zero-order valence-electron chi connectivity index (χ0n) is 5.02. The topological polar surface area (TPSA) is 27.6 Å². The Hall–Kier alpha value is 0.300. The van der Waals surface area contributed by atoms with E-state index >= 15 is 0 Å². The van der Waals surface area contributed by atoms with Crippen LogP contribution in [-0.4, -0.2) is 21.8 Å². The van der Waals surface area contributed by atoms with E-state index < -0.39 is 3.92 Å². The number of alkyl halides is 3. The van der Waals surface area contributed by atoms with Crippen LogP contribution in [0.2, 0.25) is 0 Å². The fourth-order valence-electron chi connectivity index (χ4n) is 0.570. The first-order valence-electron chi connectivity index (χ1n) is 2.73. The van der Waals surface area contributed by atoms with Gasteiger partial charge in [-0.1, -0.05) is 34.8 Å². The van der Waals surface area contributed by atoms with E-state index in [2.05, 4.69) is 10.5 Å². The van der Waals surface area contributed by atoms with Gasteiger partial charge in [0.1, 0.15) is 0 Å². The van der Waals surface area contributed by atoms with Gasteiger partial charge < -0.3 is 0 Å². The zero-order chi connectivity index (χ0) is 7.61. The van der Waals surface area contributed by atoms with Crippen molar-refractivity contribution in [3.05, 3.63) is 0 Å². The molecule has 1 heterocycles. The van der Waals surface area contributed by atoms with Gasteiger partial charge in [-0.2, -0.15) is 10.2 Å². The van der Waals surface area contributed by atoms with E-state index in [-0.39, 0.29) is 0 Å². The van der Waals surface area contributed by atoms with Crippen molar-refractivity contribution < 1.29 is 0 Å². The molecule has 0 fully saturated rings. The van der Waals surface area contributed by atoms with Crippen molar-refractivity contribution in [1.29, 1.82) is 0 Å². The Bertz CT molecular complexity index is 141. The molecule has 10 heavy (non-hydrogen) atoms. The number of hydrogen-bond acceptors (Lipinski definition) is 3. The summed E-state index contributed by atoms with van der Waals surface area (Å²) in [6.07, 6.45) is 2.55. The summed E-state index contributed by atoms with van der Waals surface area (Å²) in [6.45, 7) is 0.747. The molecule has 0 aromatic carbocycles. The van der Waals surface area contributed by atoms with E-state index in [0.717, 1.165) is 13.0 Å². The summed E-state index contributed by atoms with van der Waals surface area (Å²) in [6, 6.07) is 0. The van der Waals surface area contributed by atoms with Gasteiger partial charge in [-0.05, 0) is 6.42 Å². The van der Waals surface area contributed by atoms with Gasteiger partial charge in [0.05, 0.1) is 0 Å². The maximum atomic E-state index is 5.49. The Labute approximate surface area is 73.9 Å². The molecule has 0 amide bonds. The molecule has 1 aliphatic rings. The fraction of sp³-hybridized carbons (Fsp3) is 0.750. The largest absolute Gasteiger partial charge is 0.296 e. The molecule has 0 radical (unpaired) electrons. The number of hydrogen-bond donors (Lipinski definition) is 1. The second kappa shape index (κ2) is 3.13. The normalized spacial score (nSPS) is 19.7. The molecule has 0 bridgehead atoms. The van der Waals surface area contributed by atoms with Crippen LogP contribution in [0.4, 0.5) is 0 Å². The van der Waals surface area contributed by atoms with Crippen LogP contribution in [0.1, 0.15) is 6.42 Å². The van der Waals surface area contributed by atoms with Crippen LogP contribution in [0.5, 0.6) is 0 Å². The maximum absolute atomic E-state index is 5.49. The van der Waals surface area contributed by atoms with Crippen molar-refractivity contribution in [2.45, 2.75) is 10.3 Å². The molecule has 0 aromatic heterocycles. The predicted octanol–water partition coefficient (Wildman–Crippen LogP) is 1.51. The van der Waals surface area contributed by atoms with Gasteiger partial charge in [-0.3, -0.25) is 0 Å². The maximum Gasteiger partial charge on any atom is 0.296 e. The SMILES string of the molecule is ClC(Cl)(Cl)N1N=CCCN1. The highest BCUT2D eigenvalue weighted by Crippen LogP contribution is 2.29. The summed E-state index contributed by atoms with van der Waals surface area (Å²) in [5.41, 5.74) is 2.80. The molecule has 0 aliphatic carbocycles. The number of halogens is 3. The van der Waals surface area contributed by atoms with E-state index in [1.807, 2.05) is 0 Å². The third-order valence-electron chi connectivity index (χ3n) is 0.972. The summed E-state index contributed by atoms with van der Waals surface area (Å²) >= 11 is 16.5.